The minimum absolute atomic E-state index is 0.114. The summed E-state index contributed by atoms with van der Waals surface area (Å²) in [6.07, 6.45) is 1.12. The van der Waals surface area contributed by atoms with Crippen molar-refractivity contribution in [2.75, 3.05) is 11.9 Å². The Kier molecular flexibility index (Phi) is 6.51. The number of hydrogen-bond donors (Lipinski definition) is 3. The van der Waals surface area contributed by atoms with Gasteiger partial charge in [0.05, 0.1) is 18.8 Å². The van der Waals surface area contributed by atoms with Crippen molar-refractivity contribution in [3.63, 3.8) is 0 Å². The van der Waals surface area contributed by atoms with Crippen molar-refractivity contribution in [3.8, 4) is 11.3 Å². The highest BCUT2D eigenvalue weighted by molar-refractivity contribution is 5.94. The fourth-order valence-electron chi connectivity index (χ4n) is 2.84. The Labute approximate surface area is 168 Å². The summed E-state index contributed by atoms with van der Waals surface area (Å²) >= 11 is 0. The van der Waals surface area contributed by atoms with Crippen LogP contribution in [0.2, 0.25) is 0 Å². The molecule has 0 spiro atoms. The Morgan fingerprint density at radius 3 is 2.41 bits per heavy atom. The monoisotopic (exact) mass is 394 g/mol. The first-order chi connectivity index (χ1) is 14.0. The molecule has 0 radical (unpaired) electrons. The van der Waals surface area contributed by atoms with Crippen molar-refractivity contribution >= 4 is 11.9 Å². The summed E-state index contributed by atoms with van der Waals surface area (Å²) in [6.45, 7) is 3.66. The fraction of sp³-hybridized carbons (Fsp3) is 0.227. The summed E-state index contributed by atoms with van der Waals surface area (Å²) in [6, 6.07) is 15.3. The van der Waals surface area contributed by atoms with Gasteiger partial charge in [0.15, 0.2) is 5.82 Å². The number of hydrogen-bond acceptors (Lipinski definition) is 5. The topological polar surface area (TPSA) is 87.1 Å². The van der Waals surface area contributed by atoms with Gasteiger partial charge in [-0.25, -0.2) is 14.4 Å². The van der Waals surface area contributed by atoms with E-state index in [0.29, 0.717) is 17.1 Å². The van der Waals surface area contributed by atoms with E-state index < -0.39 is 11.9 Å². The van der Waals surface area contributed by atoms with Gasteiger partial charge in [-0.2, -0.15) is 0 Å². The molecule has 3 rings (SSSR count). The lowest BCUT2D eigenvalue weighted by molar-refractivity contribution is 0.0916. The van der Waals surface area contributed by atoms with Crippen molar-refractivity contribution < 1.29 is 14.3 Å². The largest absolute Gasteiger partial charge is 0.394 e. The molecule has 1 amide bonds. The van der Waals surface area contributed by atoms with Gasteiger partial charge in [0.25, 0.3) is 5.91 Å². The summed E-state index contributed by atoms with van der Waals surface area (Å²) < 4.78 is 14.2. The smallest absolute Gasteiger partial charge is 0.251 e. The van der Waals surface area contributed by atoms with Gasteiger partial charge in [-0.05, 0) is 31.5 Å². The molecule has 0 saturated carbocycles. The first kappa shape index (κ1) is 20.4. The molecule has 29 heavy (non-hydrogen) atoms. The van der Waals surface area contributed by atoms with Gasteiger partial charge in [-0.15, -0.1) is 0 Å². The van der Waals surface area contributed by atoms with Crippen LogP contribution in [0.25, 0.3) is 11.3 Å². The maximum atomic E-state index is 14.2. The SMILES string of the molecule is CC(C)Nc1ncc(F)c(-c2ccc(C(=O)N[C@H](CO)c3ccccc3)cc2)n1. The maximum Gasteiger partial charge on any atom is 0.251 e. The van der Waals surface area contributed by atoms with Crippen LogP contribution in [0.4, 0.5) is 10.3 Å². The van der Waals surface area contributed by atoms with Gasteiger partial charge in [0.2, 0.25) is 5.95 Å². The Morgan fingerprint density at radius 1 is 1.10 bits per heavy atom. The number of nitrogens with zero attached hydrogens (tertiary/aromatic N) is 2. The Morgan fingerprint density at radius 2 is 1.79 bits per heavy atom. The van der Waals surface area contributed by atoms with Crippen molar-refractivity contribution in [2.24, 2.45) is 0 Å². The predicted octanol–water partition coefficient (Wildman–Crippen LogP) is 3.57. The first-order valence-corrected chi connectivity index (χ1v) is 9.34. The van der Waals surface area contributed by atoms with Crippen LogP contribution in [0, 0.1) is 5.82 Å². The third-order valence-electron chi connectivity index (χ3n) is 4.27. The number of rotatable bonds is 7. The molecular formula is C22H23FN4O2. The Hall–Kier alpha value is -3.32. The molecule has 1 aromatic heterocycles. The second-order valence-corrected chi connectivity index (χ2v) is 6.89. The van der Waals surface area contributed by atoms with Gasteiger partial charge in [-0.3, -0.25) is 4.79 Å². The van der Waals surface area contributed by atoms with Crippen molar-refractivity contribution in [3.05, 3.63) is 77.7 Å². The van der Waals surface area contributed by atoms with E-state index >= 15 is 0 Å². The van der Waals surface area contributed by atoms with Crippen molar-refractivity contribution in [1.29, 1.82) is 0 Å². The van der Waals surface area contributed by atoms with Crippen LogP contribution in [-0.4, -0.2) is 33.6 Å². The molecule has 3 aromatic rings. The third kappa shape index (κ3) is 5.14. The Balaban J connectivity index is 1.77. The fourth-order valence-corrected chi connectivity index (χ4v) is 2.84. The van der Waals surface area contributed by atoms with Crippen LogP contribution in [0.3, 0.4) is 0 Å². The standard InChI is InChI=1S/C22H23FN4O2/c1-14(2)25-22-24-12-18(23)20(27-22)16-8-10-17(11-9-16)21(29)26-19(13-28)15-6-4-3-5-7-15/h3-12,14,19,28H,13H2,1-2H3,(H,26,29)(H,24,25,27)/t19-/m1/s1. The van der Waals surface area contributed by atoms with E-state index in [0.717, 1.165) is 11.8 Å². The number of benzene rings is 2. The highest BCUT2D eigenvalue weighted by Gasteiger charge is 2.16. The number of carbonyl (C=O) groups is 1. The molecule has 2 aromatic carbocycles. The quantitative estimate of drug-likeness (QED) is 0.570. The van der Waals surface area contributed by atoms with E-state index in [1.807, 2.05) is 44.2 Å². The summed E-state index contributed by atoms with van der Waals surface area (Å²) in [4.78, 5) is 20.7. The Bertz CT molecular complexity index is 962. The average molecular weight is 394 g/mol. The highest BCUT2D eigenvalue weighted by Crippen LogP contribution is 2.22. The molecule has 0 fully saturated rings. The lowest BCUT2D eigenvalue weighted by atomic mass is 10.1. The molecule has 7 heteroatoms. The van der Waals surface area contributed by atoms with Gasteiger partial charge < -0.3 is 15.7 Å². The molecule has 0 aliphatic heterocycles. The van der Waals surface area contributed by atoms with E-state index in [1.54, 1.807) is 24.3 Å². The lowest BCUT2D eigenvalue weighted by Crippen LogP contribution is -2.30. The summed E-state index contributed by atoms with van der Waals surface area (Å²) in [5.74, 6) is -0.530. The molecule has 3 N–H and O–H groups in total. The van der Waals surface area contributed by atoms with Gasteiger partial charge in [0.1, 0.15) is 5.69 Å². The molecule has 0 unspecified atom stereocenters. The van der Waals surface area contributed by atoms with Crippen LogP contribution < -0.4 is 10.6 Å². The second-order valence-electron chi connectivity index (χ2n) is 6.89. The summed E-state index contributed by atoms with van der Waals surface area (Å²) in [5, 5.41) is 15.5. The number of nitrogens with one attached hydrogen (secondary N) is 2. The molecule has 6 nitrogen and oxygen atoms in total. The first-order valence-electron chi connectivity index (χ1n) is 9.34. The maximum absolute atomic E-state index is 14.2. The lowest BCUT2D eigenvalue weighted by Gasteiger charge is -2.17. The number of aliphatic hydroxyl groups is 1. The zero-order valence-electron chi connectivity index (χ0n) is 16.3. The third-order valence-corrected chi connectivity index (χ3v) is 4.27. The second kappa shape index (κ2) is 9.25. The number of aromatic nitrogens is 2. The molecule has 1 atom stereocenters. The average Bonchev–Trinajstić information content (AvgIpc) is 2.73. The van der Waals surface area contributed by atoms with Crippen LogP contribution >= 0.6 is 0 Å². The van der Waals surface area contributed by atoms with Gasteiger partial charge in [0, 0.05) is 17.2 Å². The van der Waals surface area contributed by atoms with E-state index in [-0.39, 0.29) is 24.2 Å². The summed E-state index contributed by atoms with van der Waals surface area (Å²) in [5.41, 5.74) is 1.91. The van der Waals surface area contributed by atoms with Crippen molar-refractivity contribution in [2.45, 2.75) is 25.9 Å². The molecule has 0 bridgehead atoms. The van der Waals surface area contributed by atoms with E-state index in [4.69, 9.17) is 0 Å². The van der Waals surface area contributed by atoms with Crippen LogP contribution in [0.1, 0.15) is 35.8 Å². The van der Waals surface area contributed by atoms with E-state index in [9.17, 15) is 14.3 Å². The molecule has 150 valence electrons. The molecular weight excluding hydrogens is 371 g/mol. The molecule has 0 saturated heterocycles. The molecule has 1 heterocycles. The zero-order chi connectivity index (χ0) is 20.8. The number of anilines is 1. The van der Waals surface area contributed by atoms with Gasteiger partial charge >= 0.3 is 0 Å². The van der Waals surface area contributed by atoms with E-state index in [1.165, 1.54) is 0 Å². The van der Waals surface area contributed by atoms with Crippen LogP contribution in [-0.2, 0) is 0 Å². The number of carbonyl (C=O) groups excluding carboxylic acids is 1. The summed E-state index contributed by atoms with van der Waals surface area (Å²) in [7, 11) is 0. The number of amides is 1. The van der Waals surface area contributed by atoms with Crippen LogP contribution in [0.15, 0.2) is 60.8 Å². The number of halogens is 1. The minimum Gasteiger partial charge on any atom is -0.394 e. The predicted molar refractivity (Wildman–Crippen MR) is 110 cm³/mol. The van der Waals surface area contributed by atoms with Crippen molar-refractivity contribution in [1.82, 2.24) is 15.3 Å². The molecule has 0 aliphatic carbocycles. The van der Waals surface area contributed by atoms with E-state index in [2.05, 4.69) is 20.6 Å². The molecule has 0 aliphatic rings. The highest BCUT2D eigenvalue weighted by atomic mass is 19.1. The normalized spacial score (nSPS) is 11.9. The van der Waals surface area contributed by atoms with Crippen LogP contribution in [0.5, 0.6) is 0 Å². The van der Waals surface area contributed by atoms with Gasteiger partial charge in [-0.1, -0.05) is 42.5 Å². The number of aliphatic hydroxyl groups excluding tert-OH is 1. The zero-order valence-corrected chi connectivity index (χ0v) is 16.3. The minimum atomic E-state index is -0.541.